The van der Waals surface area contributed by atoms with Crippen LogP contribution in [0.5, 0.6) is 11.5 Å². The molecule has 0 saturated heterocycles. The van der Waals surface area contributed by atoms with Gasteiger partial charge in [-0.25, -0.2) is 9.59 Å². The van der Waals surface area contributed by atoms with E-state index in [2.05, 4.69) is 52.2 Å². The number of rotatable bonds is 18. The fourth-order valence-electron chi connectivity index (χ4n) is 9.24. The topological polar surface area (TPSA) is 163 Å². The molecule has 0 bridgehead atoms. The van der Waals surface area contributed by atoms with Gasteiger partial charge in [0.25, 0.3) is 0 Å². The van der Waals surface area contributed by atoms with E-state index in [0.29, 0.717) is 36.8 Å². The molecule has 10 heteroatoms. The van der Waals surface area contributed by atoms with E-state index in [-0.39, 0.29) is 35.7 Å². The molecule has 2 aliphatic carbocycles. The first-order valence-corrected chi connectivity index (χ1v) is 20.5. The van der Waals surface area contributed by atoms with Crippen molar-refractivity contribution in [1.29, 1.82) is 0 Å². The lowest BCUT2D eigenvalue weighted by Crippen LogP contribution is -2.43. The zero-order valence-corrected chi connectivity index (χ0v) is 34.4. The summed E-state index contributed by atoms with van der Waals surface area (Å²) in [5.74, 6) is -2.38. The van der Waals surface area contributed by atoms with Gasteiger partial charge in [-0.1, -0.05) is 114 Å². The fourth-order valence-corrected chi connectivity index (χ4v) is 9.24. The van der Waals surface area contributed by atoms with Crippen LogP contribution in [-0.2, 0) is 30.0 Å². The molecule has 4 aromatic rings. The first-order chi connectivity index (χ1) is 27.8. The second-order valence-electron chi connectivity index (χ2n) is 16.1. The van der Waals surface area contributed by atoms with E-state index in [1.165, 1.54) is 0 Å². The van der Waals surface area contributed by atoms with Crippen LogP contribution in [0.4, 0.5) is 0 Å². The van der Waals surface area contributed by atoms with Gasteiger partial charge in [0, 0.05) is 47.4 Å². The Bertz CT molecular complexity index is 2070. The summed E-state index contributed by atoms with van der Waals surface area (Å²) in [7, 11) is 0. The number of benzene rings is 4. The highest BCUT2D eigenvalue weighted by Crippen LogP contribution is 2.56. The van der Waals surface area contributed by atoms with E-state index < -0.39 is 34.6 Å². The number of primary amides is 2. The molecular formula is C48H56N4O6. The molecule has 0 aliphatic heterocycles. The maximum atomic E-state index is 13.7. The third-order valence-electron chi connectivity index (χ3n) is 11.7. The van der Waals surface area contributed by atoms with Gasteiger partial charge in [-0.2, -0.15) is 0 Å². The fraction of sp³-hybridized carbons (Fsp3) is 0.375. The maximum absolute atomic E-state index is 13.7. The first-order valence-electron chi connectivity index (χ1n) is 20.5. The molecular weight excluding hydrogens is 729 g/mol. The molecule has 0 heterocycles. The van der Waals surface area contributed by atoms with Gasteiger partial charge in [0.05, 0.1) is 0 Å². The van der Waals surface area contributed by atoms with Gasteiger partial charge >= 0.3 is 11.9 Å². The number of hydrogen-bond acceptors (Lipinski definition) is 8. The van der Waals surface area contributed by atoms with Crippen molar-refractivity contribution in [3.8, 4) is 33.8 Å². The molecule has 4 unspecified atom stereocenters. The predicted molar refractivity (Wildman–Crippen MR) is 227 cm³/mol. The van der Waals surface area contributed by atoms with Crippen LogP contribution in [0.2, 0.25) is 0 Å². The first kappa shape index (κ1) is 42.0. The molecule has 4 atom stereocenters. The van der Waals surface area contributed by atoms with Crippen molar-refractivity contribution in [3.05, 3.63) is 119 Å². The summed E-state index contributed by atoms with van der Waals surface area (Å²) in [6.07, 6.45) is 5.81. The van der Waals surface area contributed by atoms with Crippen LogP contribution in [0.25, 0.3) is 22.3 Å². The number of carbonyl (C=O) groups is 4. The molecule has 4 aromatic carbocycles. The Morgan fingerprint density at radius 2 is 0.931 bits per heavy atom. The standard InChI is InChI=1S/C48H56N4O6/c1-7-31(51-29(3)4)25-27-47(45(49)55)37-19-11-9-15-33(37)35-17-13-21-39(43(35)47)57-41(53)23-24-42(54)58-40-22-14-18-36-34-16-10-12-20-38(34)48(44(36)40,46(50)56)28-26-32(8-2)52-30(5)6/h9-24,29-32,51-52H,7-8,25-28H2,1-6H3,(H2,49,55)(H2,50,56)/b24-23-. The van der Waals surface area contributed by atoms with Crippen LogP contribution in [-0.4, -0.2) is 47.9 Å². The molecule has 0 radical (unpaired) electrons. The van der Waals surface area contributed by atoms with E-state index in [1.54, 1.807) is 24.3 Å². The van der Waals surface area contributed by atoms with Crippen molar-refractivity contribution in [3.63, 3.8) is 0 Å². The molecule has 0 fully saturated rings. The highest BCUT2D eigenvalue weighted by Gasteiger charge is 2.51. The maximum Gasteiger partial charge on any atom is 0.336 e. The average Bonchev–Trinajstić information content (AvgIpc) is 3.66. The summed E-state index contributed by atoms with van der Waals surface area (Å²) >= 11 is 0. The van der Waals surface area contributed by atoms with Crippen LogP contribution >= 0.6 is 0 Å². The largest absolute Gasteiger partial charge is 0.423 e. The minimum Gasteiger partial charge on any atom is -0.423 e. The molecule has 2 amide bonds. The number of hydrogen-bond donors (Lipinski definition) is 4. The third kappa shape index (κ3) is 7.83. The van der Waals surface area contributed by atoms with E-state index in [9.17, 15) is 19.2 Å². The molecule has 58 heavy (non-hydrogen) atoms. The Morgan fingerprint density at radius 1 is 0.569 bits per heavy atom. The van der Waals surface area contributed by atoms with Gasteiger partial charge in [0.1, 0.15) is 22.3 Å². The Labute approximate surface area is 341 Å². The second-order valence-corrected chi connectivity index (χ2v) is 16.1. The van der Waals surface area contributed by atoms with Crippen LogP contribution in [0, 0.1) is 0 Å². The Morgan fingerprint density at radius 3 is 1.28 bits per heavy atom. The summed E-state index contributed by atoms with van der Waals surface area (Å²) in [4.78, 5) is 54.5. The lowest BCUT2D eigenvalue weighted by atomic mass is 9.72. The van der Waals surface area contributed by atoms with Gasteiger partial charge in [0.15, 0.2) is 0 Å². The van der Waals surface area contributed by atoms with Gasteiger partial charge in [0.2, 0.25) is 11.8 Å². The van der Waals surface area contributed by atoms with Crippen LogP contribution < -0.4 is 31.6 Å². The number of fused-ring (bicyclic) bond motifs is 6. The molecule has 6 N–H and O–H groups in total. The molecule has 2 aliphatic rings. The SMILES string of the molecule is CCC(CCC1(C(N)=O)c2ccccc2-c2cccc(OC(=O)/C=C\C(=O)Oc3cccc4c3C(CCC(CC)NC(C)C)(C(N)=O)c3ccccc3-4)c21)NC(C)C. The smallest absolute Gasteiger partial charge is 0.336 e. The lowest BCUT2D eigenvalue weighted by molar-refractivity contribution is -0.131. The number of esters is 2. The molecule has 0 spiro atoms. The van der Waals surface area contributed by atoms with E-state index in [4.69, 9.17) is 20.9 Å². The van der Waals surface area contributed by atoms with E-state index in [0.717, 1.165) is 58.4 Å². The Hall–Kier alpha value is -5.58. The molecule has 304 valence electrons. The minimum absolute atomic E-state index is 0.138. The number of amides is 2. The molecule has 0 saturated carbocycles. The van der Waals surface area contributed by atoms with E-state index >= 15 is 0 Å². The van der Waals surface area contributed by atoms with Gasteiger partial charge < -0.3 is 31.6 Å². The molecule has 6 rings (SSSR count). The van der Waals surface area contributed by atoms with Crippen molar-refractivity contribution in [2.24, 2.45) is 11.5 Å². The number of nitrogens with two attached hydrogens (primary N) is 2. The minimum atomic E-state index is -1.25. The summed E-state index contributed by atoms with van der Waals surface area (Å²) in [6.45, 7) is 12.5. The highest BCUT2D eigenvalue weighted by molar-refractivity contribution is 6.03. The summed E-state index contributed by atoms with van der Waals surface area (Å²) in [5, 5.41) is 7.16. The van der Waals surface area contributed by atoms with Crippen LogP contribution in [0.1, 0.15) is 102 Å². The van der Waals surface area contributed by atoms with Gasteiger partial charge in [-0.05, 0) is 84.0 Å². The van der Waals surface area contributed by atoms with Gasteiger partial charge in [-0.3, -0.25) is 9.59 Å². The van der Waals surface area contributed by atoms with Crippen LogP contribution in [0.15, 0.2) is 97.1 Å². The normalized spacial score (nSPS) is 18.7. The Kier molecular flexibility index (Phi) is 12.7. The predicted octanol–water partition coefficient (Wildman–Crippen LogP) is 7.37. The van der Waals surface area contributed by atoms with Crippen molar-refractivity contribution in [2.75, 3.05) is 0 Å². The summed E-state index contributed by atoms with van der Waals surface area (Å²) < 4.78 is 11.9. The summed E-state index contributed by atoms with van der Waals surface area (Å²) in [6, 6.07) is 26.7. The lowest BCUT2D eigenvalue weighted by Gasteiger charge is -2.32. The third-order valence-corrected chi connectivity index (χ3v) is 11.7. The van der Waals surface area contributed by atoms with Crippen molar-refractivity contribution in [2.45, 2.75) is 115 Å². The van der Waals surface area contributed by atoms with Crippen LogP contribution in [0.3, 0.4) is 0 Å². The molecule has 10 nitrogen and oxygen atoms in total. The number of nitrogens with one attached hydrogen (secondary N) is 2. The Balaban J connectivity index is 1.28. The second kappa shape index (κ2) is 17.5. The highest BCUT2D eigenvalue weighted by atomic mass is 16.5. The van der Waals surface area contributed by atoms with Crippen molar-refractivity contribution >= 4 is 23.8 Å². The average molecular weight is 785 g/mol. The van der Waals surface area contributed by atoms with Gasteiger partial charge in [-0.15, -0.1) is 0 Å². The quantitative estimate of drug-likeness (QED) is 0.0462. The summed E-state index contributed by atoms with van der Waals surface area (Å²) in [5.41, 5.74) is 16.0. The van der Waals surface area contributed by atoms with Crippen molar-refractivity contribution < 1.29 is 28.7 Å². The number of carbonyl (C=O) groups excluding carboxylic acids is 4. The van der Waals surface area contributed by atoms with E-state index in [1.807, 2.05) is 60.7 Å². The van der Waals surface area contributed by atoms with Crippen molar-refractivity contribution in [1.82, 2.24) is 10.6 Å². The number of ether oxygens (including phenoxy) is 2. The zero-order valence-electron chi connectivity index (χ0n) is 34.4. The molecule has 0 aromatic heterocycles. The zero-order chi connectivity index (χ0) is 41.8. The monoisotopic (exact) mass is 784 g/mol.